The summed E-state index contributed by atoms with van der Waals surface area (Å²) < 4.78 is 0. The smallest absolute Gasteiger partial charge is 0.311 e. The molecule has 1 aromatic rings. The molecule has 1 amide bonds. The Morgan fingerprint density at radius 3 is 2.65 bits per heavy atom. The number of hydrogen-bond acceptors (Lipinski definition) is 6. The molecular weight excluding hydrogens is 262 g/mol. The minimum Gasteiger partial charge on any atom is -0.370 e. The van der Waals surface area contributed by atoms with Crippen LogP contribution in [0.1, 0.15) is 13.8 Å². The number of carbonyl (C=O) groups excluding carboxylic acids is 1. The predicted molar refractivity (Wildman–Crippen MR) is 76.9 cm³/mol. The summed E-state index contributed by atoms with van der Waals surface area (Å²) in [5.74, 6) is 0.459. The molecule has 0 atom stereocenters. The van der Waals surface area contributed by atoms with Gasteiger partial charge in [0.2, 0.25) is 11.7 Å². The lowest BCUT2D eigenvalue weighted by Gasteiger charge is -2.15. The Labute approximate surface area is 117 Å². The monoisotopic (exact) mass is 281 g/mol. The van der Waals surface area contributed by atoms with Crippen molar-refractivity contribution in [1.82, 2.24) is 9.88 Å². The number of nitro groups is 1. The Hall–Kier alpha value is -2.38. The molecule has 0 aromatic carbocycles. The highest BCUT2D eigenvalue weighted by atomic mass is 16.6. The number of hydrogen-bond donors (Lipinski definition) is 2. The van der Waals surface area contributed by atoms with Crippen LogP contribution in [0.25, 0.3) is 0 Å². The second-order valence-corrected chi connectivity index (χ2v) is 4.11. The highest BCUT2D eigenvalue weighted by Crippen LogP contribution is 2.23. The maximum atomic E-state index is 11.7. The minimum atomic E-state index is -0.529. The van der Waals surface area contributed by atoms with Crippen LogP contribution in [-0.4, -0.2) is 47.4 Å². The third-order valence-corrected chi connectivity index (χ3v) is 2.74. The Kier molecular flexibility index (Phi) is 5.70. The van der Waals surface area contributed by atoms with Gasteiger partial charge in [0.25, 0.3) is 0 Å². The van der Waals surface area contributed by atoms with Gasteiger partial charge in [-0.2, -0.15) is 0 Å². The van der Waals surface area contributed by atoms with Crippen LogP contribution in [0, 0.1) is 10.1 Å². The third-order valence-electron chi connectivity index (χ3n) is 2.74. The summed E-state index contributed by atoms with van der Waals surface area (Å²) in [4.78, 5) is 27.7. The van der Waals surface area contributed by atoms with Gasteiger partial charge in [0, 0.05) is 26.2 Å². The molecule has 8 heteroatoms. The first-order chi connectivity index (χ1) is 9.49. The number of nitrogens with zero attached hydrogens (tertiary/aromatic N) is 3. The van der Waals surface area contributed by atoms with Crippen molar-refractivity contribution < 1.29 is 9.72 Å². The largest absolute Gasteiger partial charge is 0.370 e. The third kappa shape index (κ3) is 4.08. The average Bonchev–Trinajstić information content (AvgIpc) is 2.44. The highest BCUT2D eigenvalue weighted by Gasteiger charge is 2.17. The van der Waals surface area contributed by atoms with E-state index in [0.29, 0.717) is 18.9 Å². The Balaban J connectivity index is 2.87. The van der Waals surface area contributed by atoms with Crippen molar-refractivity contribution in [3.8, 4) is 0 Å². The predicted octanol–water partition coefficient (Wildman–Crippen LogP) is 1.31. The number of nitrogens with one attached hydrogen (secondary N) is 2. The standard InChI is InChI=1S/C12H19N5O3/c1-4-13-10-7-6-9(17(19)20)12(15-10)14-8-11(18)16(3)5-2/h6-7H,4-5,8H2,1-3H3,(H2,13,14,15). The number of anilines is 2. The molecule has 20 heavy (non-hydrogen) atoms. The number of likely N-dealkylation sites (N-methyl/N-ethyl adjacent to an activating group) is 1. The fourth-order valence-electron chi connectivity index (χ4n) is 1.48. The zero-order chi connectivity index (χ0) is 15.1. The fourth-order valence-corrected chi connectivity index (χ4v) is 1.48. The molecule has 0 bridgehead atoms. The summed E-state index contributed by atoms with van der Waals surface area (Å²) >= 11 is 0. The summed E-state index contributed by atoms with van der Waals surface area (Å²) in [5, 5.41) is 16.6. The summed E-state index contributed by atoms with van der Waals surface area (Å²) in [5.41, 5.74) is -0.154. The normalized spacial score (nSPS) is 9.95. The lowest BCUT2D eigenvalue weighted by atomic mass is 10.3. The molecule has 0 spiro atoms. The molecule has 0 saturated heterocycles. The topological polar surface area (TPSA) is 100 Å². The molecule has 1 aromatic heterocycles. The van der Waals surface area contributed by atoms with Gasteiger partial charge in [-0.15, -0.1) is 0 Å². The van der Waals surface area contributed by atoms with Crippen molar-refractivity contribution in [2.24, 2.45) is 0 Å². The van der Waals surface area contributed by atoms with Crippen LogP contribution in [0.2, 0.25) is 0 Å². The molecule has 1 rings (SSSR count). The van der Waals surface area contributed by atoms with Gasteiger partial charge in [0.05, 0.1) is 11.5 Å². The van der Waals surface area contributed by atoms with E-state index in [4.69, 9.17) is 0 Å². The quantitative estimate of drug-likeness (QED) is 0.577. The minimum absolute atomic E-state index is 0.0340. The highest BCUT2D eigenvalue weighted by molar-refractivity contribution is 5.81. The summed E-state index contributed by atoms with van der Waals surface area (Å²) in [6.07, 6.45) is 0. The van der Waals surface area contributed by atoms with E-state index in [1.807, 2.05) is 13.8 Å². The van der Waals surface area contributed by atoms with Crippen molar-refractivity contribution >= 4 is 23.2 Å². The molecule has 8 nitrogen and oxygen atoms in total. The van der Waals surface area contributed by atoms with Crippen LogP contribution in [0.15, 0.2) is 12.1 Å². The van der Waals surface area contributed by atoms with Gasteiger partial charge in [0.15, 0.2) is 0 Å². The summed E-state index contributed by atoms with van der Waals surface area (Å²) in [7, 11) is 1.67. The molecule has 0 aliphatic heterocycles. The molecule has 0 fully saturated rings. The van der Waals surface area contributed by atoms with Crippen molar-refractivity contribution in [1.29, 1.82) is 0 Å². The van der Waals surface area contributed by atoms with E-state index in [1.54, 1.807) is 7.05 Å². The van der Waals surface area contributed by atoms with Gasteiger partial charge in [-0.1, -0.05) is 0 Å². The number of pyridine rings is 1. The SMILES string of the molecule is CCNc1ccc([N+](=O)[O-])c(NCC(=O)N(C)CC)n1. The van der Waals surface area contributed by atoms with Crippen molar-refractivity contribution in [2.45, 2.75) is 13.8 Å². The molecular formula is C12H19N5O3. The summed E-state index contributed by atoms with van der Waals surface area (Å²) in [6, 6.07) is 2.90. The molecule has 110 valence electrons. The lowest BCUT2D eigenvalue weighted by Crippen LogP contribution is -2.32. The van der Waals surface area contributed by atoms with Crippen LogP contribution in [-0.2, 0) is 4.79 Å². The molecule has 0 radical (unpaired) electrons. The van der Waals surface area contributed by atoms with Crippen LogP contribution in [0.3, 0.4) is 0 Å². The van der Waals surface area contributed by atoms with Gasteiger partial charge in [-0.05, 0) is 19.9 Å². The van der Waals surface area contributed by atoms with Gasteiger partial charge >= 0.3 is 5.69 Å². The molecule has 0 saturated carbocycles. The van der Waals surface area contributed by atoms with Gasteiger partial charge in [0.1, 0.15) is 5.82 Å². The number of aromatic nitrogens is 1. The Morgan fingerprint density at radius 2 is 2.10 bits per heavy atom. The van der Waals surface area contributed by atoms with Crippen LogP contribution in [0.4, 0.5) is 17.3 Å². The second kappa shape index (κ2) is 7.27. The van der Waals surface area contributed by atoms with Crippen molar-refractivity contribution in [3.63, 3.8) is 0 Å². The van der Waals surface area contributed by atoms with Crippen LogP contribution >= 0.6 is 0 Å². The average molecular weight is 281 g/mol. The number of amides is 1. The number of carbonyl (C=O) groups is 1. The van der Waals surface area contributed by atoms with Crippen molar-refractivity contribution in [3.05, 3.63) is 22.2 Å². The maximum absolute atomic E-state index is 11.7. The van der Waals surface area contributed by atoms with E-state index < -0.39 is 4.92 Å². The van der Waals surface area contributed by atoms with E-state index >= 15 is 0 Å². The van der Waals surface area contributed by atoms with Gasteiger partial charge in [-0.25, -0.2) is 4.98 Å². The van der Waals surface area contributed by atoms with E-state index in [-0.39, 0.29) is 24.0 Å². The van der Waals surface area contributed by atoms with E-state index in [2.05, 4.69) is 15.6 Å². The molecule has 1 heterocycles. The molecule has 2 N–H and O–H groups in total. The zero-order valence-electron chi connectivity index (χ0n) is 11.8. The van der Waals surface area contributed by atoms with E-state index in [0.717, 1.165) is 0 Å². The first-order valence-electron chi connectivity index (χ1n) is 6.36. The first-order valence-corrected chi connectivity index (χ1v) is 6.36. The van der Waals surface area contributed by atoms with Gasteiger partial charge in [-0.3, -0.25) is 14.9 Å². The Bertz CT molecular complexity index is 492. The molecule has 0 aliphatic carbocycles. The van der Waals surface area contributed by atoms with E-state index in [1.165, 1.54) is 17.0 Å². The lowest BCUT2D eigenvalue weighted by molar-refractivity contribution is -0.384. The molecule has 0 aliphatic rings. The maximum Gasteiger partial charge on any atom is 0.311 e. The van der Waals surface area contributed by atoms with Gasteiger partial charge < -0.3 is 15.5 Å². The fraction of sp³-hybridized carbons (Fsp3) is 0.500. The molecule has 0 unspecified atom stereocenters. The van der Waals surface area contributed by atoms with Crippen molar-refractivity contribution in [2.75, 3.05) is 37.3 Å². The zero-order valence-corrected chi connectivity index (χ0v) is 11.8. The van der Waals surface area contributed by atoms with Crippen LogP contribution < -0.4 is 10.6 Å². The van der Waals surface area contributed by atoms with E-state index in [9.17, 15) is 14.9 Å². The summed E-state index contributed by atoms with van der Waals surface area (Å²) in [6.45, 7) is 4.95. The Morgan fingerprint density at radius 1 is 1.40 bits per heavy atom. The second-order valence-electron chi connectivity index (χ2n) is 4.11. The number of rotatable bonds is 7. The first kappa shape index (κ1) is 15.7. The van der Waals surface area contributed by atoms with Crippen LogP contribution in [0.5, 0.6) is 0 Å².